The van der Waals surface area contributed by atoms with E-state index in [1.165, 1.54) is 17.5 Å². The zero-order valence-corrected chi connectivity index (χ0v) is 13.8. The van der Waals surface area contributed by atoms with Crippen LogP contribution in [-0.2, 0) is 11.3 Å². The highest BCUT2D eigenvalue weighted by atomic mass is 32.2. The molecule has 0 aliphatic carbocycles. The minimum Gasteiger partial charge on any atom is -0.480 e. The van der Waals surface area contributed by atoms with Crippen molar-refractivity contribution < 1.29 is 14.7 Å². The Morgan fingerprint density at radius 1 is 1.29 bits per heavy atom. The number of rotatable bonds is 6. The van der Waals surface area contributed by atoms with Crippen LogP contribution < -0.4 is 5.56 Å². The summed E-state index contributed by atoms with van der Waals surface area (Å²) >= 11 is 2.36. The van der Waals surface area contributed by atoms with Gasteiger partial charge in [0.25, 0.3) is 5.56 Å². The molecule has 1 N–H and O–H groups in total. The number of carbonyl (C=O) groups excluding carboxylic acids is 1. The van der Waals surface area contributed by atoms with Gasteiger partial charge in [0.1, 0.15) is 6.54 Å². The highest BCUT2D eigenvalue weighted by Gasteiger charge is 2.16. The monoisotopic (exact) mass is 361 g/mol. The van der Waals surface area contributed by atoms with E-state index in [0.717, 1.165) is 16.3 Å². The van der Waals surface area contributed by atoms with Crippen molar-refractivity contribution in [2.24, 2.45) is 0 Å². The van der Waals surface area contributed by atoms with E-state index in [-0.39, 0.29) is 27.7 Å². The predicted octanol–water partition coefficient (Wildman–Crippen LogP) is 1.91. The van der Waals surface area contributed by atoms with Gasteiger partial charge in [-0.3, -0.25) is 19.0 Å². The van der Waals surface area contributed by atoms with E-state index in [2.05, 4.69) is 9.97 Å². The van der Waals surface area contributed by atoms with Crippen molar-refractivity contribution in [3.05, 3.63) is 51.1 Å². The number of aromatic nitrogens is 3. The Bertz CT molecular complexity index is 967. The van der Waals surface area contributed by atoms with Crippen molar-refractivity contribution in [1.29, 1.82) is 0 Å². The lowest BCUT2D eigenvalue weighted by Crippen LogP contribution is -2.27. The fourth-order valence-corrected chi connectivity index (χ4v) is 3.69. The summed E-state index contributed by atoms with van der Waals surface area (Å²) in [7, 11) is 0. The molecule has 3 aromatic heterocycles. The highest BCUT2D eigenvalue weighted by Crippen LogP contribution is 2.20. The molecule has 122 valence electrons. The summed E-state index contributed by atoms with van der Waals surface area (Å²) in [5.41, 5.74) is -0.253. The second-order valence-corrected chi connectivity index (χ2v) is 6.63. The summed E-state index contributed by atoms with van der Waals surface area (Å²) < 4.78 is 1.05. The van der Waals surface area contributed by atoms with Crippen LogP contribution >= 0.6 is 23.1 Å². The summed E-state index contributed by atoms with van der Waals surface area (Å²) in [6.45, 7) is -0.522. The van der Waals surface area contributed by atoms with Crippen LogP contribution in [0.4, 0.5) is 0 Å². The lowest BCUT2D eigenvalue weighted by atomic mass is 10.3. The smallest absolute Gasteiger partial charge is 0.323 e. The topological polar surface area (TPSA) is 102 Å². The summed E-state index contributed by atoms with van der Waals surface area (Å²) in [4.78, 5) is 44.5. The molecular weight excluding hydrogens is 350 g/mol. The number of nitrogens with zero attached hydrogens (tertiary/aromatic N) is 3. The zero-order valence-electron chi connectivity index (χ0n) is 12.2. The maximum Gasteiger partial charge on any atom is 0.323 e. The molecular formula is C15H11N3O4S2. The van der Waals surface area contributed by atoms with Gasteiger partial charge >= 0.3 is 5.97 Å². The number of carbonyl (C=O) groups is 2. The molecule has 3 heterocycles. The second-order valence-electron chi connectivity index (χ2n) is 4.74. The molecule has 0 saturated carbocycles. The van der Waals surface area contributed by atoms with E-state index in [1.54, 1.807) is 29.6 Å². The van der Waals surface area contributed by atoms with Crippen molar-refractivity contribution in [3.63, 3.8) is 0 Å². The fourth-order valence-electron chi connectivity index (χ4n) is 2.06. The van der Waals surface area contributed by atoms with Gasteiger partial charge in [0.2, 0.25) is 0 Å². The van der Waals surface area contributed by atoms with Crippen molar-refractivity contribution in [1.82, 2.24) is 14.5 Å². The molecule has 9 heteroatoms. The number of carboxylic acids is 1. The number of Topliss-reactive ketones (excluding diaryl/α,β-unsaturated/α-hetero) is 1. The lowest BCUT2D eigenvalue weighted by molar-refractivity contribution is -0.137. The van der Waals surface area contributed by atoms with Gasteiger partial charge < -0.3 is 5.11 Å². The molecule has 3 rings (SSSR count). The molecule has 0 aromatic carbocycles. The van der Waals surface area contributed by atoms with Crippen molar-refractivity contribution in [3.8, 4) is 0 Å². The first kappa shape index (κ1) is 16.3. The quantitative estimate of drug-likeness (QED) is 0.406. The molecule has 0 bridgehead atoms. The summed E-state index contributed by atoms with van der Waals surface area (Å²) in [5.74, 6) is -1.20. The number of hydrogen-bond acceptors (Lipinski definition) is 7. The summed E-state index contributed by atoms with van der Waals surface area (Å²) in [6, 6.07) is 6.62. The zero-order chi connectivity index (χ0) is 17.1. The molecule has 0 unspecified atom stereocenters. The Balaban J connectivity index is 1.97. The van der Waals surface area contributed by atoms with Crippen LogP contribution in [0.25, 0.3) is 11.0 Å². The third-order valence-electron chi connectivity index (χ3n) is 3.12. The molecule has 3 aromatic rings. The van der Waals surface area contributed by atoms with Gasteiger partial charge in [-0.2, -0.15) is 0 Å². The Morgan fingerprint density at radius 2 is 2.12 bits per heavy atom. The third kappa shape index (κ3) is 3.36. The molecule has 0 atom stereocenters. The Morgan fingerprint density at radius 3 is 2.83 bits per heavy atom. The maximum absolute atomic E-state index is 12.5. The number of pyridine rings is 1. The van der Waals surface area contributed by atoms with Crippen LogP contribution in [0.2, 0.25) is 0 Å². The van der Waals surface area contributed by atoms with E-state index in [9.17, 15) is 14.4 Å². The normalized spacial score (nSPS) is 10.8. The van der Waals surface area contributed by atoms with Crippen LogP contribution in [-0.4, -0.2) is 37.1 Å². The molecule has 0 fully saturated rings. The number of fused-ring (bicyclic) bond motifs is 1. The number of aliphatic carboxylic acids is 1. The third-order valence-corrected chi connectivity index (χ3v) is 5.00. The van der Waals surface area contributed by atoms with E-state index in [0.29, 0.717) is 4.88 Å². The van der Waals surface area contributed by atoms with Gasteiger partial charge in [-0.15, -0.1) is 11.3 Å². The van der Waals surface area contributed by atoms with Crippen LogP contribution in [0.3, 0.4) is 0 Å². The maximum atomic E-state index is 12.5. The predicted molar refractivity (Wildman–Crippen MR) is 90.8 cm³/mol. The minimum atomic E-state index is -1.16. The Kier molecular flexibility index (Phi) is 4.72. The fraction of sp³-hybridized carbons (Fsp3) is 0.133. The average molecular weight is 361 g/mol. The molecule has 0 spiro atoms. The first-order valence-electron chi connectivity index (χ1n) is 6.83. The molecule has 0 amide bonds. The molecule has 0 aliphatic heterocycles. The number of hydrogen-bond donors (Lipinski definition) is 1. The van der Waals surface area contributed by atoms with Gasteiger partial charge in [0.15, 0.2) is 16.6 Å². The number of thiophene rings is 1. The summed E-state index contributed by atoms with van der Waals surface area (Å²) in [5, 5.41) is 11.2. The van der Waals surface area contributed by atoms with Gasteiger partial charge in [-0.05, 0) is 23.6 Å². The highest BCUT2D eigenvalue weighted by molar-refractivity contribution is 7.99. The summed E-state index contributed by atoms with van der Waals surface area (Å²) in [6.07, 6.45) is 1.50. The van der Waals surface area contributed by atoms with Crippen molar-refractivity contribution in [2.75, 3.05) is 5.75 Å². The molecule has 0 radical (unpaired) electrons. The number of carboxylic acid groups (broad SMARTS) is 1. The molecule has 7 nitrogen and oxygen atoms in total. The Labute approximate surface area is 144 Å². The first-order valence-corrected chi connectivity index (χ1v) is 8.69. The van der Waals surface area contributed by atoms with Crippen LogP contribution in [0.5, 0.6) is 0 Å². The number of thioether (sulfide) groups is 1. The standard InChI is InChI=1S/C15H11N3O4S2/c19-10(11-4-2-6-23-11)8-24-15-17-13-9(3-1-5-16-13)14(22)18(15)7-12(20)21/h1-6H,7-8H2,(H,20,21). The van der Waals surface area contributed by atoms with Crippen LogP contribution in [0.1, 0.15) is 9.67 Å². The van der Waals surface area contributed by atoms with Crippen molar-refractivity contribution >= 4 is 45.9 Å². The van der Waals surface area contributed by atoms with Gasteiger partial charge in [0, 0.05) is 6.20 Å². The first-order chi connectivity index (χ1) is 11.6. The second kappa shape index (κ2) is 6.93. The molecule has 0 saturated heterocycles. The molecule has 24 heavy (non-hydrogen) atoms. The van der Waals surface area contributed by atoms with E-state index >= 15 is 0 Å². The molecule has 0 aliphatic rings. The van der Waals surface area contributed by atoms with Crippen LogP contribution in [0, 0.1) is 0 Å². The van der Waals surface area contributed by atoms with Crippen LogP contribution in [0.15, 0.2) is 45.8 Å². The minimum absolute atomic E-state index is 0.0604. The lowest BCUT2D eigenvalue weighted by Gasteiger charge is -2.10. The van der Waals surface area contributed by atoms with E-state index < -0.39 is 18.1 Å². The Hall–Kier alpha value is -2.52. The number of ketones is 1. The van der Waals surface area contributed by atoms with Gasteiger partial charge in [-0.25, -0.2) is 9.97 Å². The van der Waals surface area contributed by atoms with Gasteiger partial charge in [0.05, 0.1) is 16.0 Å². The average Bonchev–Trinajstić information content (AvgIpc) is 3.10. The van der Waals surface area contributed by atoms with Gasteiger partial charge in [-0.1, -0.05) is 17.8 Å². The van der Waals surface area contributed by atoms with E-state index in [1.807, 2.05) is 0 Å². The SMILES string of the molecule is O=C(O)Cn1c(SCC(=O)c2cccs2)nc2ncccc2c1=O. The van der Waals surface area contributed by atoms with E-state index in [4.69, 9.17) is 5.11 Å². The van der Waals surface area contributed by atoms with Crippen molar-refractivity contribution in [2.45, 2.75) is 11.7 Å². The largest absolute Gasteiger partial charge is 0.480 e.